The number of methoxy groups -OCH3 is 1. The minimum absolute atomic E-state index is 0.00657. The van der Waals surface area contributed by atoms with Gasteiger partial charge >= 0.3 is 5.69 Å². The Morgan fingerprint density at radius 1 is 1.12 bits per heavy atom. The Kier molecular flexibility index (Phi) is 8.80. The molecule has 1 aliphatic heterocycles. The number of anilines is 1. The van der Waals surface area contributed by atoms with Gasteiger partial charge in [0.25, 0.3) is 0 Å². The zero-order valence-corrected chi connectivity index (χ0v) is 24.1. The number of piperidine rings is 1. The van der Waals surface area contributed by atoms with Crippen molar-refractivity contribution in [2.75, 3.05) is 38.3 Å². The maximum absolute atomic E-state index is 15.7. The first kappa shape index (κ1) is 29.2. The van der Waals surface area contributed by atoms with E-state index in [0.717, 1.165) is 5.56 Å². The Labute approximate surface area is 242 Å². The molecule has 9 nitrogen and oxygen atoms in total. The molecule has 0 bridgehead atoms. The van der Waals surface area contributed by atoms with Crippen LogP contribution >= 0.6 is 0 Å². The summed E-state index contributed by atoms with van der Waals surface area (Å²) in [5.74, 6) is -1.01. The number of ether oxygens (including phenoxy) is 1. The molecule has 0 spiro atoms. The normalized spacial score (nSPS) is 13.9. The summed E-state index contributed by atoms with van der Waals surface area (Å²) >= 11 is 0. The highest BCUT2D eigenvalue weighted by Crippen LogP contribution is 2.33. The van der Waals surface area contributed by atoms with E-state index in [1.807, 2.05) is 25.7 Å². The summed E-state index contributed by atoms with van der Waals surface area (Å²) in [5, 5.41) is 0.355. The number of pyridine rings is 2. The molecular formula is C31H33F2N7O2. The molecule has 0 saturated carbocycles. The Morgan fingerprint density at radius 3 is 2.60 bits per heavy atom. The summed E-state index contributed by atoms with van der Waals surface area (Å²) in [5.41, 5.74) is 1.45. The molecule has 0 N–H and O–H groups in total. The van der Waals surface area contributed by atoms with Gasteiger partial charge in [-0.25, -0.2) is 33.1 Å². The van der Waals surface area contributed by atoms with Crippen molar-refractivity contribution in [3.05, 3.63) is 76.0 Å². The Hall–Kier alpha value is -4.34. The van der Waals surface area contributed by atoms with Crippen LogP contribution in [0.25, 0.3) is 28.0 Å². The van der Waals surface area contributed by atoms with Gasteiger partial charge < -0.3 is 9.64 Å². The second-order valence-corrected chi connectivity index (χ2v) is 10.6. The molecular weight excluding hydrogens is 540 g/mol. The predicted molar refractivity (Wildman–Crippen MR) is 159 cm³/mol. The summed E-state index contributed by atoms with van der Waals surface area (Å²) in [4.78, 5) is 38.0. The van der Waals surface area contributed by atoms with Crippen LogP contribution in [0, 0.1) is 18.6 Å². The molecule has 3 aromatic heterocycles. The minimum Gasteiger partial charge on any atom is -0.383 e. The van der Waals surface area contributed by atoms with E-state index >= 15 is 4.39 Å². The smallest absolute Gasteiger partial charge is 0.355 e. The van der Waals surface area contributed by atoms with Gasteiger partial charge in [0.15, 0.2) is 5.65 Å². The lowest BCUT2D eigenvalue weighted by molar-refractivity contribution is 0.208. The fourth-order valence-corrected chi connectivity index (χ4v) is 5.19. The van der Waals surface area contributed by atoms with Crippen molar-refractivity contribution in [2.45, 2.75) is 45.6 Å². The van der Waals surface area contributed by atoms with Gasteiger partial charge in [-0.3, -0.25) is 4.98 Å². The second kappa shape index (κ2) is 12.7. The van der Waals surface area contributed by atoms with Crippen LogP contribution in [0.15, 0.2) is 57.4 Å². The van der Waals surface area contributed by atoms with E-state index < -0.39 is 17.3 Å². The third-order valence-corrected chi connectivity index (χ3v) is 7.34. The van der Waals surface area contributed by atoms with E-state index in [1.165, 1.54) is 28.8 Å². The van der Waals surface area contributed by atoms with Gasteiger partial charge in [0.2, 0.25) is 0 Å². The number of aryl methyl sites for hydroxylation is 1. The van der Waals surface area contributed by atoms with E-state index in [9.17, 15) is 9.18 Å². The number of hydrogen-bond acceptors (Lipinski definition) is 8. The molecule has 0 amide bonds. The van der Waals surface area contributed by atoms with Gasteiger partial charge in [-0.15, -0.1) is 0 Å². The first-order chi connectivity index (χ1) is 20.3. The molecule has 0 aliphatic carbocycles. The van der Waals surface area contributed by atoms with Crippen molar-refractivity contribution in [1.29, 1.82) is 0 Å². The molecule has 0 atom stereocenters. The average molecular weight is 574 g/mol. The van der Waals surface area contributed by atoms with Gasteiger partial charge in [0, 0.05) is 32.0 Å². The summed E-state index contributed by atoms with van der Waals surface area (Å²) in [6.45, 7) is 7.91. The van der Waals surface area contributed by atoms with Crippen LogP contribution in [-0.4, -0.2) is 64.9 Å². The molecule has 1 aromatic carbocycles. The highest BCUT2D eigenvalue weighted by atomic mass is 19.1. The highest BCUT2D eigenvalue weighted by Gasteiger charge is 2.27. The van der Waals surface area contributed by atoms with Crippen molar-refractivity contribution in [2.24, 2.45) is 9.98 Å². The molecule has 218 valence electrons. The predicted octanol–water partition coefficient (Wildman–Crippen LogP) is 5.34. The van der Waals surface area contributed by atoms with Gasteiger partial charge in [0.1, 0.15) is 23.1 Å². The molecule has 11 heteroatoms. The molecule has 1 fully saturated rings. The second-order valence-electron chi connectivity index (χ2n) is 10.6. The third kappa shape index (κ3) is 5.84. The molecule has 42 heavy (non-hydrogen) atoms. The molecule has 0 radical (unpaired) electrons. The summed E-state index contributed by atoms with van der Waals surface area (Å²) in [7, 11) is 1.61. The maximum Gasteiger partial charge on any atom is 0.355 e. The summed E-state index contributed by atoms with van der Waals surface area (Å²) in [6, 6.07) is 11.7. The van der Waals surface area contributed by atoms with Gasteiger partial charge in [-0.05, 0) is 55.5 Å². The van der Waals surface area contributed by atoms with Crippen LogP contribution in [0.2, 0.25) is 0 Å². The topological polar surface area (TPSA) is 97.9 Å². The summed E-state index contributed by atoms with van der Waals surface area (Å²) < 4.78 is 36.9. The zero-order valence-electron chi connectivity index (χ0n) is 24.1. The molecule has 1 saturated heterocycles. The van der Waals surface area contributed by atoms with Crippen molar-refractivity contribution < 1.29 is 13.5 Å². The van der Waals surface area contributed by atoms with Crippen molar-refractivity contribution >= 4 is 22.9 Å². The number of halogens is 2. The Bertz CT molecular complexity index is 1720. The molecule has 4 heterocycles. The van der Waals surface area contributed by atoms with Gasteiger partial charge in [-0.1, -0.05) is 26.0 Å². The first-order valence-corrected chi connectivity index (χ1v) is 14.0. The first-order valence-electron chi connectivity index (χ1n) is 14.0. The van der Waals surface area contributed by atoms with Crippen LogP contribution in [0.5, 0.6) is 0 Å². The van der Waals surface area contributed by atoms with Crippen molar-refractivity contribution in [1.82, 2.24) is 19.5 Å². The molecule has 1 aliphatic rings. The monoisotopic (exact) mass is 573 g/mol. The minimum atomic E-state index is -0.709. The molecule has 5 rings (SSSR count). The van der Waals surface area contributed by atoms with Crippen LogP contribution in [0.1, 0.15) is 43.9 Å². The van der Waals surface area contributed by atoms with E-state index in [4.69, 9.17) is 4.74 Å². The molecule has 4 aromatic rings. The fraction of sp³-hybridized carbons (Fsp3) is 0.387. The van der Waals surface area contributed by atoms with Gasteiger partial charge in [0.05, 0.1) is 42.0 Å². The van der Waals surface area contributed by atoms with Crippen molar-refractivity contribution in [3.63, 3.8) is 0 Å². The molecule has 0 unspecified atom stereocenters. The van der Waals surface area contributed by atoms with E-state index in [-0.39, 0.29) is 28.9 Å². The Morgan fingerprint density at radius 2 is 1.88 bits per heavy atom. The van der Waals surface area contributed by atoms with Crippen LogP contribution in [0.4, 0.5) is 14.6 Å². The lowest BCUT2D eigenvalue weighted by Crippen LogP contribution is -2.38. The number of nitrogens with zero attached hydrogens (tertiary/aromatic N) is 7. The quantitative estimate of drug-likeness (QED) is 0.209. The third-order valence-electron chi connectivity index (χ3n) is 7.34. The fourth-order valence-electron chi connectivity index (χ4n) is 5.19. The van der Waals surface area contributed by atoms with Crippen LogP contribution < -0.4 is 10.6 Å². The van der Waals surface area contributed by atoms with E-state index in [1.54, 1.807) is 25.4 Å². The van der Waals surface area contributed by atoms with E-state index in [0.29, 0.717) is 61.7 Å². The lowest BCUT2D eigenvalue weighted by atomic mass is 10.0. The zero-order chi connectivity index (χ0) is 29.8. The summed E-state index contributed by atoms with van der Waals surface area (Å²) in [6.07, 6.45) is 3.05. The van der Waals surface area contributed by atoms with Gasteiger partial charge in [-0.2, -0.15) is 4.98 Å². The lowest BCUT2D eigenvalue weighted by Gasteiger charge is -2.31. The van der Waals surface area contributed by atoms with Crippen molar-refractivity contribution in [3.8, 4) is 16.9 Å². The number of fused-ring (bicyclic) bond motifs is 1. The number of hydrogen-bond donors (Lipinski definition) is 0. The number of rotatable bonds is 8. The number of aliphatic imine (C=N–C) groups is 2. The highest BCUT2D eigenvalue weighted by molar-refractivity contribution is 5.90. The SMILES string of the molecule is COCCN=C=NC1CCN(c2nc(=O)n(-c3c(C)ccnc3C(C)C)c3nc(-c4ccccc4F)c(F)cc23)CC1. The maximum atomic E-state index is 15.7. The number of benzene rings is 1. The standard InChI is InChI=1S/C31H33F2N7O2/c1-19(2)26-28(20(3)9-12-35-26)40-30-23(17-25(33)27(37-30)22-7-5-6-8-24(22)32)29(38-31(40)41)39-14-10-21(11-15-39)36-18-34-13-16-42-4/h5-9,12,17,19,21H,10-11,13-16H2,1-4H3. The van der Waals surface area contributed by atoms with Crippen LogP contribution in [-0.2, 0) is 4.74 Å². The Balaban J connectivity index is 1.66. The number of aromatic nitrogens is 4. The van der Waals surface area contributed by atoms with E-state index in [2.05, 4.69) is 30.9 Å². The average Bonchev–Trinajstić information content (AvgIpc) is 2.98. The van der Waals surface area contributed by atoms with Crippen LogP contribution in [0.3, 0.4) is 0 Å². The largest absolute Gasteiger partial charge is 0.383 e.